The molecule has 2 aromatic carbocycles. The summed E-state index contributed by atoms with van der Waals surface area (Å²) in [6, 6.07) is 12.1. The molecule has 1 aliphatic rings. The fraction of sp³-hybridized carbons (Fsp3) is 0.308. The van der Waals surface area contributed by atoms with Crippen LogP contribution in [0.4, 0.5) is 5.13 Å². The van der Waals surface area contributed by atoms with Crippen LogP contribution in [0.2, 0.25) is 0 Å². The number of aromatic nitrogens is 1. The molecule has 0 saturated carbocycles. The van der Waals surface area contributed by atoms with E-state index in [2.05, 4.69) is 13.2 Å². The highest BCUT2D eigenvalue weighted by molar-refractivity contribution is 7.98. The van der Waals surface area contributed by atoms with Crippen LogP contribution in [0.1, 0.15) is 23.2 Å². The Bertz CT molecular complexity index is 1340. The number of benzene rings is 2. The Hall–Kier alpha value is -2.50. The van der Waals surface area contributed by atoms with Crippen LogP contribution in [-0.4, -0.2) is 62.2 Å². The Labute approximate surface area is 220 Å². The van der Waals surface area contributed by atoms with Crippen LogP contribution in [0.5, 0.6) is 0 Å². The number of sulfonamides is 1. The predicted molar refractivity (Wildman–Crippen MR) is 148 cm³/mol. The Kier molecular flexibility index (Phi) is 8.63. The van der Waals surface area contributed by atoms with Gasteiger partial charge < -0.3 is 4.74 Å². The fourth-order valence-electron chi connectivity index (χ4n) is 4.06. The maximum absolute atomic E-state index is 13.7. The topological polar surface area (TPSA) is 79.8 Å². The number of amides is 1. The maximum atomic E-state index is 13.7. The Morgan fingerprint density at radius 2 is 1.92 bits per heavy atom. The summed E-state index contributed by atoms with van der Waals surface area (Å²) in [7, 11) is -3.75. The molecule has 0 aliphatic carbocycles. The third kappa shape index (κ3) is 5.57. The van der Waals surface area contributed by atoms with E-state index in [9.17, 15) is 13.2 Å². The molecule has 1 aromatic heterocycles. The molecule has 0 N–H and O–H groups in total. The summed E-state index contributed by atoms with van der Waals surface area (Å²) in [4.78, 5) is 21.4. The molecule has 190 valence electrons. The molecule has 10 heteroatoms. The van der Waals surface area contributed by atoms with E-state index >= 15 is 0 Å². The molecule has 2 heterocycles. The van der Waals surface area contributed by atoms with Gasteiger partial charge in [-0.25, -0.2) is 13.4 Å². The number of rotatable bonds is 11. The van der Waals surface area contributed by atoms with Crippen LogP contribution < -0.4 is 4.90 Å². The van der Waals surface area contributed by atoms with E-state index in [1.165, 1.54) is 39.9 Å². The normalized spacial score (nSPS) is 15.9. The van der Waals surface area contributed by atoms with Crippen molar-refractivity contribution in [1.82, 2.24) is 9.29 Å². The molecule has 1 saturated heterocycles. The minimum absolute atomic E-state index is 0.0630. The van der Waals surface area contributed by atoms with Gasteiger partial charge in [-0.3, -0.25) is 9.69 Å². The van der Waals surface area contributed by atoms with Crippen LogP contribution in [-0.2, 0) is 14.8 Å². The van der Waals surface area contributed by atoms with Gasteiger partial charge in [-0.1, -0.05) is 29.6 Å². The summed E-state index contributed by atoms with van der Waals surface area (Å²) in [5.41, 5.74) is 1.26. The summed E-state index contributed by atoms with van der Waals surface area (Å²) < 4.78 is 34.2. The molecule has 7 nitrogen and oxygen atoms in total. The Morgan fingerprint density at radius 3 is 2.53 bits per heavy atom. The first-order valence-electron chi connectivity index (χ1n) is 11.6. The number of para-hydroxylation sites is 1. The van der Waals surface area contributed by atoms with Gasteiger partial charge in [-0.05, 0) is 55.5 Å². The second kappa shape index (κ2) is 11.7. The number of hydrogen-bond acceptors (Lipinski definition) is 7. The highest BCUT2D eigenvalue weighted by Crippen LogP contribution is 2.35. The highest BCUT2D eigenvalue weighted by atomic mass is 32.2. The van der Waals surface area contributed by atoms with Crippen molar-refractivity contribution in [2.45, 2.75) is 28.7 Å². The van der Waals surface area contributed by atoms with Crippen molar-refractivity contribution >= 4 is 54.4 Å². The fourth-order valence-corrected chi connectivity index (χ4v) is 7.07. The van der Waals surface area contributed by atoms with Crippen LogP contribution in [0.25, 0.3) is 10.2 Å². The lowest BCUT2D eigenvalue weighted by Gasteiger charge is -2.23. The molecule has 0 spiro atoms. The quantitative estimate of drug-likeness (QED) is 0.244. The SMILES string of the molecule is C=CCN(CC=C)S(=O)(=O)c1ccc(C(=O)N(CC2CCCO2)c2nc3c(SC)cccc3s2)cc1. The van der Waals surface area contributed by atoms with Crippen molar-refractivity contribution in [3.05, 3.63) is 73.3 Å². The lowest BCUT2D eigenvalue weighted by Crippen LogP contribution is -2.37. The van der Waals surface area contributed by atoms with Crippen LogP contribution >= 0.6 is 23.1 Å². The molecule has 0 bridgehead atoms. The standard InChI is InChI=1S/C26H29N3O4S3/c1-4-15-28(16-5-2)36(31,32)21-13-11-19(12-14-21)25(30)29(18-20-8-7-17-33-20)26-27-24-22(34-3)9-6-10-23(24)35-26/h4-6,9-14,20H,1-2,7-8,15-18H2,3H3. The first-order chi connectivity index (χ1) is 17.4. The minimum Gasteiger partial charge on any atom is -0.376 e. The van der Waals surface area contributed by atoms with Crippen molar-refractivity contribution in [2.75, 3.05) is 37.4 Å². The van der Waals surface area contributed by atoms with E-state index in [0.29, 0.717) is 23.8 Å². The number of fused-ring (bicyclic) bond motifs is 1. The van der Waals surface area contributed by atoms with Crippen LogP contribution in [0.3, 0.4) is 0 Å². The molecule has 3 aromatic rings. The van der Waals surface area contributed by atoms with E-state index in [1.54, 1.807) is 28.8 Å². The zero-order valence-corrected chi connectivity index (χ0v) is 22.6. The van der Waals surface area contributed by atoms with Crippen molar-refractivity contribution in [3.63, 3.8) is 0 Å². The van der Waals surface area contributed by atoms with E-state index in [-0.39, 0.29) is 30.0 Å². The lowest BCUT2D eigenvalue weighted by atomic mass is 10.2. The number of hydrogen-bond donors (Lipinski definition) is 0. The van der Waals surface area contributed by atoms with Gasteiger partial charge in [0.1, 0.15) is 0 Å². The third-order valence-corrected chi connectivity index (χ3v) is 9.54. The Balaban J connectivity index is 1.66. The van der Waals surface area contributed by atoms with Gasteiger partial charge in [0.25, 0.3) is 5.91 Å². The van der Waals surface area contributed by atoms with Gasteiger partial charge in [0.2, 0.25) is 10.0 Å². The molecule has 1 aliphatic heterocycles. The summed E-state index contributed by atoms with van der Waals surface area (Å²) >= 11 is 3.08. The average Bonchev–Trinajstić information content (AvgIpc) is 3.56. The maximum Gasteiger partial charge on any atom is 0.260 e. The zero-order valence-electron chi connectivity index (χ0n) is 20.1. The second-order valence-electron chi connectivity index (χ2n) is 8.28. The van der Waals surface area contributed by atoms with Gasteiger partial charge >= 0.3 is 0 Å². The highest BCUT2D eigenvalue weighted by Gasteiger charge is 2.28. The first kappa shape index (κ1) is 26.6. The van der Waals surface area contributed by atoms with Crippen molar-refractivity contribution in [2.24, 2.45) is 0 Å². The van der Waals surface area contributed by atoms with Gasteiger partial charge in [0.05, 0.1) is 27.8 Å². The molecule has 1 fully saturated rings. The number of anilines is 1. The van der Waals surface area contributed by atoms with Crippen molar-refractivity contribution < 1.29 is 17.9 Å². The van der Waals surface area contributed by atoms with Crippen molar-refractivity contribution in [1.29, 1.82) is 0 Å². The van der Waals surface area contributed by atoms with Gasteiger partial charge in [-0.15, -0.1) is 24.9 Å². The Morgan fingerprint density at radius 1 is 1.19 bits per heavy atom. The largest absolute Gasteiger partial charge is 0.376 e. The molecule has 1 unspecified atom stereocenters. The average molecular weight is 544 g/mol. The smallest absolute Gasteiger partial charge is 0.260 e. The minimum atomic E-state index is -3.75. The van der Waals surface area contributed by atoms with Crippen LogP contribution in [0, 0.1) is 0 Å². The van der Waals surface area contributed by atoms with Gasteiger partial charge in [0.15, 0.2) is 5.13 Å². The second-order valence-corrected chi connectivity index (χ2v) is 12.1. The van der Waals surface area contributed by atoms with Gasteiger partial charge in [0, 0.05) is 30.2 Å². The van der Waals surface area contributed by atoms with E-state index < -0.39 is 10.0 Å². The number of thioether (sulfide) groups is 1. The van der Waals surface area contributed by atoms with Gasteiger partial charge in [-0.2, -0.15) is 4.31 Å². The number of nitrogens with zero attached hydrogens (tertiary/aromatic N) is 3. The number of carbonyl (C=O) groups is 1. The number of thiazole rings is 1. The van der Waals surface area contributed by atoms with Crippen LogP contribution in [0.15, 0.2) is 77.6 Å². The molecule has 1 atom stereocenters. The molecule has 1 amide bonds. The van der Waals surface area contributed by atoms with E-state index in [0.717, 1.165) is 28.0 Å². The zero-order chi connectivity index (χ0) is 25.7. The molecule has 36 heavy (non-hydrogen) atoms. The molecule has 4 rings (SSSR count). The van der Waals surface area contributed by atoms with Crippen molar-refractivity contribution in [3.8, 4) is 0 Å². The predicted octanol–water partition coefficient (Wildman–Crippen LogP) is 5.21. The van der Waals surface area contributed by atoms with E-state index in [4.69, 9.17) is 9.72 Å². The number of carbonyl (C=O) groups excluding carboxylic acids is 1. The summed E-state index contributed by atoms with van der Waals surface area (Å²) in [5, 5.41) is 0.604. The summed E-state index contributed by atoms with van der Waals surface area (Å²) in [5.74, 6) is -0.242. The van der Waals surface area contributed by atoms with E-state index in [1.807, 2.05) is 24.5 Å². The lowest BCUT2D eigenvalue weighted by molar-refractivity contribution is 0.0917. The molecular weight excluding hydrogens is 515 g/mol. The molecular formula is C26H29N3O4S3. The third-order valence-electron chi connectivity index (χ3n) is 5.88. The summed E-state index contributed by atoms with van der Waals surface area (Å²) in [6.45, 7) is 8.68. The molecule has 0 radical (unpaired) electrons. The first-order valence-corrected chi connectivity index (χ1v) is 15.1. The summed E-state index contributed by atoms with van der Waals surface area (Å²) in [6.07, 6.45) is 6.84. The number of ether oxygens (including phenoxy) is 1. The monoisotopic (exact) mass is 543 g/mol.